The average Bonchev–Trinajstić information content (AvgIpc) is 0. The normalized spacial score (nSPS) is 0. The Bertz CT molecular complexity index is 7.51. The summed E-state index contributed by atoms with van der Waals surface area (Å²) in [4.78, 5) is 0. The van der Waals surface area contributed by atoms with E-state index in [-0.39, 0.29) is 116 Å². The van der Waals surface area contributed by atoms with Crippen LogP contribution in [0.15, 0.2) is 0 Å². The molecule has 0 saturated heterocycles. The van der Waals surface area contributed by atoms with Crippen molar-refractivity contribution in [2.45, 2.75) is 0 Å². The maximum atomic E-state index is 0. The zero-order chi connectivity index (χ0) is 0. The van der Waals surface area contributed by atoms with E-state index in [9.17, 15) is 0 Å². The summed E-state index contributed by atoms with van der Waals surface area (Å²) in [5.74, 6) is 0. The largest absolute Gasteiger partial charge is 3.00 e. The van der Waals surface area contributed by atoms with Gasteiger partial charge < -0.3 is 49.6 Å². The molecule has 0 spiro atoms. The van der Waals surface area contributed by atoms with E-state index in [1.54, 1.807) is 0 Å². The third-order valence-electron chi connectivity index (χ3n) is 0. The molecule has 0 aliphatic heterocycles. The minimum Gasteiger partial charge on any atom is -1.00 e. The minimum atomic E-state index is 0. The van der Waals surface area contributed by atoms with E-state index in [1.165, 1.54) is 0 Å². The molecule has 0 aromatic rings. The van der Waals surface area contributed by atoms with Crippen LogP contribution in [0.2, 0.25) is 0 Å². The Hall–Kier alpha value is 3.41. The van der Waals surface area contributed by atoms with Gasteiger partial charge in [-0.1, -0.05) is 0 Å². The van der Waals surface area contributed by atoms with Gasteiger partial charge in [0, 0.05) is 0 Å². The van der Waals surface area contributed by atoms with Crippen molar-refractivity contribution in [3.8, 4) is 0 Å². The van der Waals surface area contributed by atoms with Crippen LogP contribution < -0.4 is 79.2 Å². The van der Waals surface area contributed by atoms with Gasteiger partial charge in [-0.3, -0.25) is 0 Å². The molecule has 0 rings (SSSR count). The summed E-state index contributed by atoms with van der Waals surface area (Å²) in [6, 6.07) is 0. The predicted molar refractivity (Wildman–Crippen MR) is 0 cm³/mol. The van der Waals surface area contributed by atoms with Crippen LogP contribution in [-0.2, 0) is 0 Å². The Kier molecular flexibility index (Phi) is 379. The van der Waals surface area contributed by atoms with Crippen molar-refractivity contribution in [1.82, 2.24) is 0 Å². The molecule has 0 heterocycles. The van der Waals surface area contributed by atoms with Gasteiger partial charge in [-0.2, -0.15) is 0 Å². The first-order chi connectivity index (χ1) is 0. The molecule has 0 fully saturated rings. The average molecular weight is 332 g/mol. The summed E-state index contributed by atoms with van der Waals surface area (Å²) in [6.45, 7) is 0. The Labute approximate surface area is 114 Å². The van der Waals surface area contributed by atoms with E-state index >= 15 is 0 Å². The first-order valence-corrected chi connectivity index (χ1v) is 0. The van der Waals surface area contributed by atoms with Gasteiger partial charge in [0.15, 0.2) is 0 Å². The first-order valence-electron chi connectivity index (χ1n) is 0. The summed E-state index contributed by atoms with van der Waals surface area (Å²) in [5.41, 5.74) is 0. The predicted octanol–water partition coefficient (Wildman–Crippen LogP) is -15.0. The van der Waals surface area contributed by atoms with Crippen LogP contribution in [0.5, 0.6) is 0 Å². The minimum absolute atomic E-state index is 0. The summed E-state index contributed by atoms with van der Waals surface area (Å²) >= 11 is 0. The zero-order valence-electron chi connectivity index (χ0n) is 2.80. The van der Waals surface area contributed by atoms with E-state index in [2.05, 4.69) is 0 Å². The standard InChI is InChI=1S/4ClH.Er.Na/h4*1H;;/q;;;;+3;+1/p-4. The summed E-state index contributed by atoms with van der Waals surface area (Å²) in [5, 5.41) is 0. The van der Waals surface area contributed by atoms with Gasteiger partial charge >= 0.3 is 66.9 Å². The van der Waals surface area contributed by atoms with Crippen molar-refractivity contribution >= 4 is 0 Å². The molecule has 0 saturated carbocycles. The van der Waals surface area contributed by atoms with Gasteiger partial charge in [-0.15, -0.1) is 0 Å². The number of hydrogen-bond acceptors (Lipinski definition) is 0. The first kappa shape index (κ1) is 57.3. The van der Waals surface area contributed by atoms with Gasteiger partial charge in [-0.25, -0.2) is 0 Å². The molecule has 0 aliphatic rings. The van der Waals surface area contributed by atoms with E-state index < -0.39 is 0 Å². The van der Waals surface area contributed by atoms with Crippen molar-refractivity contribution in [1.29, 1.82) is 0 Å². The molecule has 0 bridgehead atoms. The fourth-order valence-electron chi connectivity index (χ4n) is 0. The smallest absolute Gasteiger partial charge is 1.00 e. The molecular formula is Cl4ErNa. The van der Waals surface area contributed by atoms with Crippen molar-refractivity contribution in [2.24, 2.45) is 0 Å². The Morgan fingerprint density at radius 3 is 0.500 bits per heavy atom. The Morgan fingerprint density at radius 2 is 0.500 bits per heavy atom. The fraction of sp³-hybridized carbons (Fsp3) is 0. The second-order valence-electron chi connectivity index (χ2n) is 0. The monoisotopic (exact) mass is 329 g/mol. The second kappa shape index (κ2) is 39.7. The van der Waals surface area contributed by atoms with Gasteiger partial charge in [0.25, 0.3) is 0 Å². The fourth-order valence-corrected chi connectivity index (χ4v) is 0. The molecule has 0 amide bonds. The van der Waals surface area contributed by atoms with Gasteiger partial charge in [0.2, 0.25) is 0 Å². The van der Waals surface area contributed by atoms with Crippen molar-refractivity contribution in [2.75, 3.05) is 0 Å². The Balaban J connectivity index is 0. The molecule has 0 N–H and O–H groups in total. The van der Waals surface area contributed by atoms with Crippen LogP contribution in [0.1, 0.15) is 0 Å². The van der Waals surface area contributed by atoms with Crippen LogP contribution in [0.3, 0.4) is 0 Å². The van der Waals surface area contributed by atoms with E-state index in [0.717, 1.165) is 0 Å². The van der Waals surface area contributed by atoms with Crippen molar-refractivity contribution in [3.63, 3.8) is 0 Å². The maximum absolute atomic E-state index is 0. The molecule has 0 aromatic carbocycles. The molecule has 1 radical (unpaired) electrons. The summed E-state index contributed by atoms with van der Waals surface area (Å²) in [7, 11) is 0. The molecule has 0 nitrogen and oxygen atoms in total. The molecule has 0 aliphatic carbocycles. The molecular weight excluding hydrogens is 332 g/mol. The number of halogens is 4. The second-order valence-corrected chi connectivity index (χ2v) is 0. The topological polar surface area (TPSA) is 0 Å². The van der Waals surface area contributed by atoms with Crippen LogP contribution in [0, 0.1) is 37.3 Å². The number of rotatable bonds is 0. The molecule has 0 aromatic heterocycles. The van der Waals surface area contributed by atoms with E-state index in [0.29, 0.717) is 0 Å². The van der Waals surface area contributed by atoms with Crippen LogP contribution in [0.4, 0.5) is 0 Å². The maximum Gasteiger partial charge on any atom is 3.00 e. The van der Waals surface area contributed by atoms with Gasteiger partial charge in [-0.05, 0) is 0 Å². The Morgan fingerprint density at radius 1 is 0.500 bits per heavy atom. The van der Waals surface area contributed by atoms with Gasteiger partial charge in [0.1, 0.15) is 0 Å². The third-order valence-corrected chi connectivity index (χ3v) is 0. The van der Waals surface area contributed by atoms with Crippen LogP contribution >= 0.6 is 0 Å². The molecule has 0 atom stereocenters. The number of hydrogen-bond donors (Lipinski definition) is 0. The van der Waals surface area contributed by atoms with Crippen molar-refractivity contribution < 1.29 is 116 Å². The van der Waals surface area contributed by atoms with Gasteiger partial charge in [0.05, 0.1) is 0 Å². The van der Waals surface area contributed by atoms with Crippen molar-refractivity contribution in [3.05, 3.63) is 0 Å². The summed E-state index contributed by atoms with van der Waals surface area (Å²) in [6.07, 6.45) is 0. The van der Waals surface area contributed by atoms with E-state index in [1.807, 2.05) is 0 Å². The van der Waals surface area contributed by atoms with E-state index in [4.69, 9.17) is 0 Å². The summed E-state index contributed by atoms with van der Waals surface area (Å²) < 4.78 is 0. The van der Waals surface area contributed by atoms with Crippen LogP contribution in [0.25, 0.3) is 0 Å². The SMILES string of the molecule is [Cl-].[Cl-].[Cl-].[Cl-].[Er+3].[Na+]. The molecule has 6 heteroatoms. The zero-order valence-corrected chi connectivity index (χ0v) is 9.68. The molecule has 0 unspecified atom stereocenters. The molecule has 6 heavy (non-hydrogen) atoms. The quantitative estimate of drug-likeness (QED) is 0.387. The third kappa shape index (κ3) is 26.2. The van der Waals surface area contributed by atoms with Crippen LogP contribution in [-0.4, -0.2) is 0 Å². The molecule has 41 valence electrons.